The molecular formula is C23H22N4O4. The number of likely N-dealkylation sites (tertiary alicyclic amines) is 1. The van der Waals surface area contributed by atoms with Crippen molar-refractivity contribution >= 4 is 12.0 Å². The van der Waals surface area contributed by atoms with Crippen molar-refractivity contribution in [3.05, 3.63) is 66.6 Å². The van der Waals surface area contributed by atoms with Crippen LogP contribution < -0.4 is 4.74 Å². The number of carbonyl (C=O) groups is 2. The second-order valence-electron chi connectivity index (χ2n) is 8.11. The monoisotopic (exact) mass is 418 g/mol. The largest absolute Gasteiger partial charge is 0.490 e. The number of ether oxygens (including phenoxy) is 1. The number of carbonyl (C=O) groups excluding carboxylic acids is 1. The minimum atomic E-state index is -1.14. The van der Waals surface area contributed by atoms with Crippen molar-refractivity contribution in [3.63, 3.8) is 0 Å². The fraction of sp³-hybridized carbons (Fsp3) is 0.304. The van der Waals surface area contributed by atoms with Crippen molar-refractivity contribution in [2.45, 2.75) is 18.9 Å². The van der Waals surface area contributed by atoms with Gasteiger partial charge in [0.2, 0.25) is 0 Å². The molecule has 31 heavy (non-hydrogen) atoms. The first-order valence-electron chi connectivity index (χ1n) is 10.3. The lowest BCUT2D eigenvalue weighted by atomic mass is 10.0. The van der Waals surface area contributed by atoms with Gasteiger partial charge in [-0.25, -0.2) is 9.59 Å². The number of carboxylic acid groups (broad SMARTS) is 1. The molecule has 5 rings (SSSR count). The fourth-order valence-electron chi connectivity index (χ4n) is 4.64. The Morgan fingerprint density at radius 1 is 1.03 bits per heavy atom. The summed E-state index contributed by atoms with van der Waals surface area (Å²) in [6.45, 7) is 1.28. The molecule has 1 aliphatic carbocycles. The number of aromatic carboxylic acids is 1. The topological polar surface area (TPSA) is 97.5 Å². The van der Waals surface area contributed by atoms with E-state index in [-0.39, 0.29) is 17.8 Å². The van der Waals surface area contributed by atoms with Crippen LogP contribution >= 0.6 is 0 Å². The highest BCUT2D eigenvalue weighted by Gasteiger charge is 2.43. The van der Waals surface area contributed by atoms with Gasteiger partial charge in [-0.3, -0.25) is 4.98 Å². The number of benzene rings is 1. The molecule has 0 radical (unpaired) electrons. The molecule has 2 unspecified atom stereocenters. The van der Waals surface area contributed by atoms with E-state index in [0.29, 0.717) is 24.9 Å². The number of amides is 1. The second-order valence-corrected chi connectivity index (χ2v) is 8.11. The summed E-state index contributed by atoms with van der Waals surface area (Å²) in [7, 11) is 0. The van der Waals surface area contributed by atoms with E-state index in [1.165, 1.54) is 12.3 Å². The number of carboxylic acids is 1. The Morgan fingerprint density at radius 3 is 2.52 bits per heavy atom. The molecule has 1 aliphatic heterocycles. The Balaban J connectivity index is 1.20. The Morgan fingerprint density at radius 2 is 1.84 bits per heavy atom. The van der Waals surface area contributed by atoms with Crippen molar-refractivity contribution in [2.75, 3.05) is 13.1 Å². The quantitative estimate of drug-likeness (QED) is 0.697. The average Bonchev–Trinajstić information content (AvgIpc) is 3.49. The van der Waals surface area contributed by atoms with Crippen molar-refractivity contribution in [1.29, 1.82) is 0 Å². The zero-order valence-electron chi connectivity index (χ0n) is 16.8. The van der Waals surface area contributed by atoms with Gasteiger partial charge in [-0.2, -0.15) is 9.78 Å². The molecule has 2 aromatic heterocycles. The van der Waals surface area contributed by atoms with Crippen LogP contribution in [0.2, 0.25) is 0 Å². The average molecular weight is 418 g/mol. The summed E-state index contributed by atoms with van der Waals surface area (Å²) in [6.07, 6.45) is 5.08. The molecule has 2 fully saturated rings. The molecule has 0 bridgehead atoms. The Bertz CT molecular complexity index is 1100. The summed E-state index contributed by atoms with van der Waals surface area (Å²) in [6, 6.07) is 14.9. The third-order valence-corrected chi connectivity index (χ3v) is 6.08. The Labute approximate surface area is 179 Å². The molecule has 1 saturated carbocycles. The first-order chi connectivity index (χ1) is 15.1. The first kappa shape index (κ1) is 19.3. The van der Waals surface area contributed by atoms with Gasteiger partial charge in [-0.15, -0.1) is 0 Å². The van der Waals surface area contributed by atoms with E-state index in [9.17, 15) is 9.59 Å². The SMILES string of the molecule is O=C(O)c1ccn(C(=O)N2CC3CC(Oc4cccc(-c5ccccn5)c4)CC3C2)n1. The lowest BCUT2D eigenvalue weighted by Gasteiger charge is -2.20. The predicted molar refractivity (Wildman–Crippen MR) is 112 cm³/mol. The molecule has 1 N–H and O–H groups in total. The van der Waals surface area contributed by atoms with Crippen LogP contribution in [0.1, 0.15) is 23.3 Å². The van der Waals surface area contributed by atoms with Gasteiger partial charge in [0, 0.05) is 31.0 Å². The summed E-state index contributed by atoms with van der Waals surface area (Å²) in [5, 5.41) is 12.8. The Hall–Kier alpha value is -3.68. The third-order valence-electron chi connectivity index (χ3n) is 6.08. The highest BCUT2D eigenvalue weighted by Crippen LogP contribution is 2.40. The van der Waals surface area contributed by atoms with Gasteiger partial charge in [0.15, 0.2) is 5.69 Å². The molecule has 3 heterocycles. The molecular weight excluding hydrogens is 396 g/mol. The van der Waals surface area contributed by atoms with Gasteiger partial charge < -0.3 is 14.7 Å². The number of aromatic nitrogens is 3. The third kappa shape index (κ3) is 3.88. The molecule has 1 saturated heterocycles. The highest BCUT2D eigenvalue weighted by atomic mass is 16.5. The van der Waals surface area contributed by atoms with Gasteiger partial charge in [-0.1, -0.05) is 18.2 Å². The zero-order chi connectivity index (χ0) is 21.4. The van der Waals surface area contributed by atoms with Crippen molar-refractivity contribution < 1.29 is 19.4 Å². The summed E-state index contributed by atoms with van der Waals surface area (Å²) >= 11 is 0. The molecule has 1 amide bonds. The second kappa shape index (κ2) is 7.86. The van der Waals surface area contributed by atoms with Gasteiger partial charge in [0.25, 0.3) is 0 Å². The van der Waals surface area contributed by atoms with E-state index in [4.69, 9.17) is 9.84 Å². The maximum atomic E-state index is 12.7. The van der Waals surface area contributed by atoms with Crippen LogP contribution in [0.25, 0.3) is 11.3 Å². The number of pyridine rings is 1. The summed E-state index contributed by atoms with van der Waals surface area (Å²) in [5.41, 5.74) is 1.80. The summed E-state index contributed by atoms with van der Waals surface area (Å²) < 4.78 is 7.38. The first-order valence-corrected chi connectivity index (χ1v) is 10.3. The van der Waals surface area contributed by atoms with Gasteiger partial charge in [-0.05, 0) is 55.0 Å². The molecule has 0 spiro atoms. The molecule has 3 aromatic rings. The van der Waals surface area contributed by atoms with Gasteiger partial charge in [0.05, 0.1) is 11.8 Å². The predicted octanol–water partition coefficient (Wildman–Crippen LogP) is 3.40. The number of hydrogen-bond donors (Lipinski definition) is 1. The van der Waals surface area contributed by atoms with Crippen LogP contribution in [0.15, 0.2) is 60.9 Å². The fourth-order valence-corrected chi connectivity index (χ4v) is 4.64. The van der Waals surface area contributed by atoms with Crippen molar-refractivity contribution in [3.8, 4) is 17.0 Å². The smallest absolute Gasteiger partial charge is 0.356 e. The lowest BCUT2D eigenvalue weighted by Crippen LogP contribution is -2.34. The number of fused-ring (bicyclic) bond motifs is 1. The van der Waals surface area contributed by atoms with E-state index in [1.807, 2.05) is 42.5 Å². The van der Waals surface area contributed by atoms with Crippen LogP contribution in [0, 0.1) is 11.8 Å². The summed E-state index contributed by atoms with van der Waals surface area (Å²) in [4.78, 5) is 29.8. The Kier molecular flexibility index (Phi) is 4.89. The maximum absolute atomic E-state index is 12.7. The minimum absolute atomic E-state index is 0.120. The van der Waals surface area contributed by atoms with Crippen molar-refractivity contribution in [1.82, 2.24) is 19.7 Å². The molecule has 2 aliphatic rings. The van der Waals surface area contributed by atoms with E-state index in [2.05, 4.69) is 10.1 Å². The highest BCUT2D eigenvalue weighted by molar-refractivity contribution is 5.86. The standard InChI is InChI=1S/C23H22N4O4/c28-22(29)21-7-9-27(25-21)23(30)26-13-16-11-19(12-17(16)14-26)31-18-5-3-4-15(10-18)20-6-1-2-8-24-20/h1-10,16-17,19H,11-14H2,(H,28,29). The summed E-state index contributed by atoms with van der Waals surface area (Å²) in [5.74, 6) is 0.445. The van der Waals surface area contributed by atoms with Crippen LogP contribution in [0.5, 0.6) is 5.75 Å². The zero-order valence-corrected chi connectivity index (χ0v) is 16.8. The molecule has 8 heteroatoms. The molecule has 8 nitrogen and oxygen atoms in total. The van der Waals surface area contributed by atoms with Gasteiger partial charge in [0.1, 0.15) is 5.75 Å². The minimum Gasteiger partial charge on any atom is -0.490 e. The van der Waals surface area contributed by atoms with E-state index < -0.39 is 5.97 Å². The molecule has 1 aromatic carbocycles. The van der Waals surface area contributed by atoms with Crippen LogP contribution in [0.3, 0.4) is 0 Å². The van der Waals surface area contributed by atoms with Crippen LogP contribution in [-0.2, 0) is 0 Å². The van der Waals surface area contributed by atoms with Gasteiger partial charge >= 0.3 is 12.0 Å². The van der Waals surface area contributed by atoms with Crippen LogP contribution in [0.4, 0.5) is 4.79 Å². The van der Waals surface area contributed by atoms with E-state index in [0.717, 1.165) is 34.5 Å². The number of nitrogens with zero attached hydrogens (tertiary/aromatic N) is 4. The normalized spacial score (nSPS) is 22.3. The van der Waals surface area contributed by atoms with E-state index in [1.54, 1.807) is 11.1 Å². The number of rotatable bonds is 4. The van der Waals surface area contributed by atoms with Crippen LogP contribution in [-0.4, -0.2) is 56.0 Å². The lowest BCUT2D eigenvalue weighted by molar-refractivity contribution is 0.0690. The maximum Gasteiger partial charge on any atom is 0.356 e. The molecule has 158 valence electrons. The molecule has 2 atom stereocenters. The number of hydrogen-bond acceptors (Lipinski definition) is 5. The van der Waals surface area contributed by atoms with Crippen molar-refractivity contribution in [2.24, 2.45) is 11.8 Å². The van der Waals surface area contributed by atoms with E-state index >= 15 is 0 Å².